The van der Waals surface area contributed by atoms with Crippen molar-refractivity contribution in [2.45, 2.75) is 32.2 Å². The molecule has 2 aromatic rings. The van der Waals surface area contributed by atoms with Crippen LogP contribution in [0.4, 0.5) is 0 Å². The molecule has 1 aliphatic heterocycles. The van der Waals surface area contributed by atoms with Crippen LogP contribution in [0.3, 0.4) is 0 Å². The number of nitrogens with zero attached hydrogens (tertiary/aromatic N) is 1. The fraction of sp³-hybridized carbons (Fsp3) is 0.438. The predicted molar refractivity (Wildman–Crippen MR) is 96.4 cm³/mol. The zero-order chi connectivity index (χ0) is 17.6. The summed E-state index contributed by atoms with van der Waals surface area (Å²) < 4.78 is 32.1. The van der Waals surface area contributed by atoms with Gasteiger partial charge in [0.25, 0.3) is 0 Å². The van der Waals surface area contributed by atoms with Crippen molar-refractivity contribution in [2.24, 2.45) is 5.92 Å². The molecule has 132 valence electrons. The van der Waals surface area contributed by atoms with Crippen molar-refractivity contribution in [3.63, 3.8) is 0 Å². The zero-order valence-electron chi connectivity index (χ0n) is 13.9. The molecule has 0 radical (unpaired) electrons. The van der Waals surface area contributed by atoms with E-state index in [0.717, 1.165) is 35.0 Å². The first-order valence-electron chi connectivity index (χ1n) is 8.49. The fourth-order valence-electron chi connectivity index (χ4n) is 3.67. The molecule has 1 aliphatic carbocycles. The van der Waals surface area contributed by atoms with Crippen LogP contribution < -0.4 is 9.38 Å². The molecular formula is C16H20BN3O4S. The van der Waals surface area contributed by atoms with Gasteiger partial charge in [0.05, 0.1) is 11.9 Å². The largest absolute Gasteiger partial charge is 0.552 e. The number of H-pyrrole nitrogens is 1. The molecule has 0 atom stereocenters. The number of sulfonamides is 1. The lowest BCUT2D eigenvalue weighted by molar-refractivity contribution is 0.308. The SMILES string of the molecule is CCCS(=O)(=O)NC1CC(C2=CB(O)Oc3cnc4[nH]ccc4c32)C1. The minimum atomic E-state index is -3.20. The number of fused-ring (bicyclic) bond motifs is 3. The number of aromatic nitrogens is 2. The smallest absolute Gasteiger partial charge is 0.531 e. The average molecular weight is 361 g/mol. The third-order valence-corrected chi connectivity index (χ3v) is 6.45. The predicted octanol–water partition coefficient (Wildman–Crippen LogP) is 1.47. The summed E-state index contributed by atoms with van der Waals surface area (Å²) in [6.07, 6.45) is 5.48. The Labute approximate surface area is 146 Å². The van der Waals surface area contributed by atoms with Gasteiger partial charge in [-0.3, -0.25) is 0 Å². The number of hydrogen-bond acceptors (Lipinski definition) is 5. The van der Waals surface area contributed by atoms with Gasteiger partial charge in [-0.25, -0.2) is 18.1 Å². The summed E-state index contributed by atoms with van der Waals surface area (Å²) in [6, 6.07) is 1.89. The topological polar surface area (TPSA) is 104 Å². The summed E-state index contributed by atoms with van der Waals surface area (Å²) in [5, 5.41) is 10.9. The molecule has 0 amide bonds. The van der Waals surface area contributed by atoms with Crippen LogP contribution in [0.15, 0.2) is 24.4 Å². The molecule has 2 aliphatic rings. The number of aromatic amines is 1. The minimum absolute atomic E-state index is 0.0468. The highest BCUT2D eigenvalue weighted by molar-refractivity contribution is 7.89. The van der Waals surface area contributed by atoms with Gasteiger partial charge in [0.15, 0.2) is 0 Å². The quantitative estimate of drug-likeness (QED) is 0.700. The molecule has 7 nitrogen and oxygen atoms in total. The van der Waals surface area contributed by atoms with Crippen molar-refractivity contribution in [1.29, 1.82) is 0 Å². The van der Waals surface area contributed by atoms with Crippen molar-refractivity contribution < 1.29 is 18.1 Å². The van der Waals surface area contributed by atoms with E-state index in [2.05, 4.69) is 14.7 Å². The van der Waals surface area contributed by atoms with Gasteiger partial charge in [-0.15, -0.1) is 0 Å². The Morgan fingerprint density at radius 2 is 2.28 bits per heavy atom. The van der Waals surface area contributed by atoms with Crippen LogP contribution in [0, 0.1) is 5.92 Å². The van der Waals surface area contributed by atoms with E-state index in [9.17, 15) is 13.4 Å². The van der Waals surface area contributed by atoms with Crippen LogP contribution in [-0.4, -0.2) is 42.3 Å². The van der Waals surface area contributed by atoms with Crippen LogP contribution in [0.1, 0.15) is 31.7 Å². The Bertz CT molecular complexity index is 934. The van der Waals surface area contributed by atoms with Crippen molar-refractivity contribution in [3.05, 3.63) is 30.0 Å². The lowest BCUT2D eigenvalue weighted by Crippen LogP contribution is -2.45. The maximum atomic E-state index is 11.9. The molecule has 2 aromatic heterocycles. The van der Waals surface area contributed by atoms with Gasteiger partial charge in [-0.2, -0.15) is 0 Å². The minimum Gasteiger partial charge on any atom is -0.531 e. The fourth-order valence-corrected chi connectivity index (χ4v) is 5.02. The summed E-state index contributed by atoms with van der Waals surface area (Å²) in [6.45, 7) is 1.85. The second-order valence-electron chi connectivity index (χ2n) is 6.67. The molecule has 0 spiro atoms. The van der Waals surface area contributed by atoms with Gasteiger partial charge in [0.2, 0.25) is 10.0 Å². The maximum Gasteiger partial charge on any atom is 0.552 e. The average Bonchev–Trinajstić information content (AvgIpc) is 2.98. The Morgan fingerprint density at radius 3 is 3.04 bits per heavy atom. The number of rotatable bonds is 5. The van der Waals surface area contributed by atoms with E-state index < -0.39 is 17.1 Å². The molecule has 0 unspecified atom stereocenters. The number of hydrogen-bond donors (Lipinski definition) is 3. The Hall–Kier alpha value is -1.84. The number of allylic oxidation sites excluding steroid dienone is 1. The highest BCUT2D eigenvalue weighted by Crippen LogP contribution is 2.46. The second-order valence-corrected chi connectivity index (χ2v) is 8.54. The monoisotopic (exact) mass is 361 g/mol. The van der Waals surface area contributed by atoms with Gasteiger partial charge >= 0.3 is 7.12 Å². The van der Waals surface area contributed by atoms with Crippen molar-refractivity contribution in [1.82, 2.24) is 14.7 Å². The Kier molecular flexibility index (Phi) is 4.09. The first kappa shape index (κ1) is 16.6. The molecule has 4 rings (SSSR count). The maximum absolute atomic E-state index is 11.9. The molecule has 1 fully saturated rings. The van der Waals surface area contributed by atoms with Crippen LogP contribution in [-0.2, 0) is 10.0 Å². The van der Waals surface area contributed by atoms with Gasteiger partial charge in [-0.05, 0) is 42.8 Å². The van der Waals surface area contributed by atoms with Crippen LogP contribution >= 0.6 is 0 Å². The van der Waals surface area contributed by atoms with E-state index in [0.29, 0.717) is 12.2 Å². The van der Waals surface area contributed by atoms with E-state index in [1.807, 2.05) is 19.2 Å². The van der Waals surface area contributed by atoms with Crippen molar-refractivity contribution in [2.75, 3.05) is 5.75 Å². The molecule has 0 aromatic carbocycles. The van der Waals surface area contributed by atoms with E-state index in [-0.39, 0.29) is 17.7 Å². The van der Waals surface area contributed by atoms with Gasteiger partial charge < -0.3 is 14.7 Å². The van der Waals surface area contributed by atoms with Crippen LogP contribution in [0.25, 0.3) is 16.6 Å². The summed E-state index contributed by atoms with van der Waals surface area (Å²) in [7, 11) is -4.20. The highest BCUT2D eigenvalue weighted by Gasteiger charge is 2.38. The van der Waals surface area contributed by atoms with Gasteiger partial charge in [0, 0.05) is 23.2 Å². The Balaban J connectivity index is 1.57. The summed E-state index contributed by atoms with van der Waals surface area (Å²) in [4.78, 5) is 7.38. The molecule has 9 heteroatoms. The van der Waals surface area contributed by atoms with Crippen molar-refractivity contribution in [3.8, 4) is 5.75 Å². The van der Waals surface area contributed by atoms with E-state index in [4.69, 9.17) is 4.65 Å². The lowest BCUT2D eigenvalue weighted by atomic mass is 9.68. The Morgan fingerprint density at radius 1 is 1.48 bits per heavy atom. The van der Waals surface area contributed by atoms with E-state index in [1.165, 1.54) is 0 Å². The molecule has 3 heterocycles. The lowest BCUT2D eigenvalue weighted by Gasteiger charge is -2.39. The van der Waals surface area contributed by atoms with Crippen molar-refractivity contribution >= 4 is 33.7 Å². The zero-order valence-corrected chi connectivity index (χ0v) is 14.7. The number of pyridine rings is 1. The highest BCUT2D eigenvalue weighted by atomic mass is 32.2. The molecule has 3 N–H and O–H groups in total. The van der Waals surface area contributed by atoms with Gasteiger partial charge in [0.1, 0.15) is 11.4 Å². The standard InChI is InChI=1S/C16H20BN3O4S/c1-2-5-25(22,23)20-11-6-10(7-11)13-8-17(21)24-14-9-19-16-12(15(13)14)3-4-18-16/h3-4,8-11,20-21H,2,5-7H2,1H3,(H,18,19). The van der Waals surface area contributed by atoms with Gasteiger partial charge in [-0.1, -0.05) is 6.92 Å². The van der Waals surface area contributed by atoms with Crippen LogP contribution in [0.5, 0.6) is 5.75 Å². The summed E-state index contributed by atoms with van der Waals surface area (Å²) in [5.41, 5.74) is 2.72. The summed E-state index contributed by atoms with van der Waals surface area (Å²) >= 11 is 0. The molecule has 0 bridgehead atoms. The normalized spacial score (nSPS) is 23.0. The molecular weight excluding hydrogens is 341 g/mol. The van der Waals surface area contributed by atoms with E-state index >= 15 is 0 Å². The second kappa shape index (κ2) is 6.15. The molecule has 25 heavy (non-hydrogen) atoms. The third-order valence-electron chi connectivity index (χ3n) is 4.81. The molecule has 0 saturated heterocycles. The summed E-state index contributed by atoms with van der Waals surface area (Å²) in [5.74, 6) is 2.62. The number of nitrogens with one attached hydrogen (secondary N) is 2. The first-order valence-corrected chi connectivity index (χ1v) is 10.1. The third kappa shape index (κ3) is 3.07. The van der Waals surface area contributed by atoms with Crippen LogP contribution in [0.2, 0.25) is 0 Å². The van der Waals surface area contributed by atoms with E-state index in [1.54, 1.807) is 12.2 Å². The molecule has 1 saturated carbocycles. The first-order chi connectivity index (χ1) is 12.0.